The van der Waals surface area contributed by atoms with Gasteiger partial charge in [-0.1, -0.05) is 17.7 Å². The summed E-state index contributed by atoms with van der Waals surface area (Å²) >= 11 is 0. The van der Waals surface area contributed by atoms with Gasteiger partial charge in [0.05, 0.1) is 10.5 Å². The van der Waals surface area contributed by atoms with Crippen LogP contribution in [0.3, 0.4) is 0 Å². The van der Waals surface area contributed by atoms with Crippen molar-refractivity contribution in [3.63, 3.8) is 0 Å². The van der Waals surface area contributed by atoms with Gasteiger partial charge in [0.15, 0.2) is 6.61 Å². The van der Waals surface area contributed by atoms with Gasteiger partial charge >= 0.3 is 5.97 Å². The Kier molecular flexibility index (Phi) is 6.11. The number of amides is 1. The predicted octanol–water partition coefficient (Wildman–Crippen LogP) is 2.58. The largest absolute Gasteiger partial charge is 0.452 e. The summed E-state index contributed by atoms with van der Waals surface area (Å²) in [6, 6.07) is 12.9. The molecule has 0 atom stereocenters. The van der Waals surface area contributed by atoms with E-state index in [0.717, 1.165) is 18.4 Å². The molecule has 1 amide bonds. The van der Waals surface area contributed by atoms with Crippen molar-refractivity contribution in [2.45, 2.75) is 24.7 Å². The first-order valence-corrected chi connectivity index (χ1v) is 10.4. The fourth-order valence-corrected chi connectivity index (χ4v) is 4.49. The molecular formula is C20H22N2O5S. The highest BCUT2D eigenvalue weighted by atomic mass is 32.2. The van der Waals surface area contributed by atoms with Crippen LogP contribution < -0.4 is 5.32 Å². The summed E-state index contributed by atoms with van der Waals surface area (Å²) in [5, 5.41) is 2.58. The lowest BCUT2D eigenvalue weighted by molar-refractivity contribution is -0.119. The van der Waals surface area contributed by atoms with Crippen LogP contribution in [0.1, 0.15) is 28.8 Å². The van der Waals surface area contributed by atoms with E-state index in [2.05, 4.69) is 5.32 Å². The van der Waals surface area contributed by atoms with E-state index < -0.39 is 28.5 Å². The number of nitrogens with one attached hydrogen (secondary N) is 1. The molecule has 0 aromatic heterocycles. The van der Waals surface area contributed by atoms with E-state index in [-0.39, 0.29) is 4.90 Å². The Morgan fingerprint density at radius 3 is 2.39 bits per heavy atom. The minimum Gasteiger partial charge on any atom is -0.452 e. The third kappa shape index (κ3) is 4.76. The van der Waals surface area contributed by atoms with Crippen molar-refractivity contribution >= 4 is 27.6 Å². The van der Waals surface area contributed by atoms with Gasteiger partial charge in [-0.2, -0.15) is 4.31 Å². The predicted molar refractivity (Wildman–Crippen MR) is 105 cm³/mol. The molecule has 1 fully saturated rings. The van der Waals surface area contributed by atoms with Gasteiger partial charge in [0.1, 0.15) is 0 Å². The monoisotopic (exact) mass is 402 g/mol. The molecule has 0 spiro atoms. The molecule has 1 aliphatic rings. The highest BCUT2D eigenvalue weighted by Gasteiger charge is 2.26. The number of hydrogen-bond donors (Lipinski definition) is 1. The first kappa shape index (κ1) is 20.0. The molecule has 2 aromatic rings. The van der Waals surface area contributed by atoms with E-state index >= 15 is 0 Å². The third-order valence-electron chi connectivity index (χ3n) is 4.43. The molecule has 8 heteroatoms. The summed E-state index contributed by atoms with van der Waals surface area (Å²) in [7, 11) is -3.49. The SMILES string of the molecule is Cc1cccc(C(=O)OCC(=O)Nc2ccc(S(=O)(=O)N3CCCC3)cc2)c1. The third-order valence-corrected chi connectivity index (χ3v) is 6.34. The molecule has 148 valence electrons. The number of esters is 1. The molecule has 0 aliphatic carbocycles. The topological polar surface area (TPSA) is 92.8 Å². The molecular weight excluding hydrogens is 380 g/mol. The Hall–Kier alpha value is -2.71. The van der Waals surface area contributed by atoms with Gasteiger partial charge in [0.2, 0.25) is 10.0 Å². The average molecular weight is 402 g/mol. The molecule has 1 aliphatic heterocycles. The van der Waals surface area contributed by atoms with Gasteiger partial charge in [-0.25, -0.2) is 13.2 Å². The zero-order valence-corrected chi connectivity index (χ0v) is 16.4. The van der Waals surface area contributed by atoms with Crippen molar-refractivity contribution in [2.75, 3.05) is 25.0 Å². The number of ether oxygens (including phenoxy) is 1. The summed E-state index contributed by atoms with van der Waals surface area (Å²) in [5.74, 6) is -1.08. The van der Waals surface area contributed by atoms with E-state index in [1.54, 1.807) is 18.2 Å². The fourth-order valence-electron chi connectivity index (χ4n) is 2.97. The van der Waals surface area contributed by atoms with E-state index in [4.69, 9.17) is 4.74 Å². The van der Waals surface area contributed by atoms with Crippen LogP contribution in [0, 0.1) is 6.92 Å². The van der Waals surface area contributed by atoms with E-state index in [0.29, 0.717) is 24.3 Å². The van der Waals surface area contributed by atoms with Gasteiger partial charge in [-0.15, -0.1) is 0 Å². The number of anilines is 1. The Bertz CT molecular complexity index is 964. The second-order valence-corrected chi connectivity index (χ2v) is 8.57. The van der Waals surface area contributed by atoms with Gasteiger partial charge in [0, 0.05) is 18.8 Å². The van der Waals surface area contributed by atoms with Crippen LogP contribution in [0.15, 0.2) is 53.4 Å². The maximum Gasteiger partial charge on any atom is 0.338 e. The van der Waals surface area contributed by atoms with Crippen LogP contribution in [0.5, 0.6) is 0 Å². The lowest BCUT2D eigenvalue weighted by Crippen LogP contribution is -2.27. The second kappa shape index (κ2) is 8.53. The molecule has 0 saturated carbocycles. The van der Waals surface area contributed by atoms with Crippen LogP contribution in [0.2, 0.25) is 0 Å². The van der Waals surface area contributed by atoms with Crippen LogP contribution in [-0.4, -0.2) is 44.3 Å². The minimum atomic E-state index is -3.49. The summed E-state index contributed by atoms with van der Waals surface area (Å²) in [4.78, 5) is 24.1. The number of aryl methyl sites for hydroxylation is 1. The molecule has 1 heterocycles. The number of benzene rings is 2. The number of carbonyl (C=O) groups is 2. The second-order valence-electron chi connectivity index (χ2n) is 6.63. The Morgan fingerprint density at radius 1 is 1.07 bits per heavy atom. The zero-order valence-electron chi connectivity index (χ0n) is 15.6. The van der Waals surface area contributed by atoms with Crippen LogP contribution in [-0.2, 0) is 19.6 Å². The average Bonchev–Trinajstić information content (AvgIpc) is 3.22. The standard InChI is InChI=1S/C20H22N2O5S/c1-15-5-4-6-16(13-15)20(24)27-14-19(23)21-17-7-9-18(10-8-17)28(25,26)22-11-2-3-12-22/h4-10,13H,2-3,11-12,14H2,1H3,(H,21,23). The van der Waals surface area contributed by atoms with E-state index in [1.165, 1.54) is 28.6 Å². The van der Waals surface area contributed by atoms with Crippen molar-refractivity contribution in [2.24, 2.45) is 0 Å². The molecule has 1 N–H and O–H groups in total. The normalized spacial score (nSPS) is 14.6. The van der Waals surface area contributed by atoms with Crippen molar-refractivity contribution in [3.05, 3.63) is 59.7 Å². The highest BCUT2D eigenvalue weighted by Crippen LogP contribution is 2.22. The van der Waals surface area contributed by atoms with E-state index in [9.17, 15) is 18.0 Å². The first-order valence-electron chi connectivity index (χ1n) is 9.00. The number of sulfonamides is 1. The molecule has 1 saturated heterocycles. The summed E-state index contributed by atoms with van der Waals surface area (Å²) < 4.78 is 31.4. The van der Waals surface area contributed by atoms with E-state index in [1.807, 2.05) is 13.0 Å². The lowest BCUT2D eigenvalue weighted by atomic mass is 10.1. The lowest BCUT2D eigenvalue weighted by Gasteiger charge is -2.15. The molecule has 0 unspecified atom stereocenters. The van der Waals surface area contributed by atoms with Gasteiger partial charge in [-0.3, -0.25) is 4.79 Å². The number of carbonyl (C=O) groups excluding carboxylic acids is 2. The Balaban J connectivity index is 1.55. The molecule has 28 heavy (non-hydrogen) atoms. The summed E-state index contributed by atoms with van der Waals surface area (Å²) in [6.45, 7) is 2.50. The molecule has 3 rings (SSSR count). The first-order chi connectivity index (χ1) is 13.4. The van der Waals surface area contributed by atoms with Gasteiger partial charge in [0.25, 0.3) is 5.91 Å². The quantitative estimate of drug-likeness (QED) is 0.750. The smallest absolute Gasteiger partial charge is 0.338 e. The van der Waals surface area contributed by atoms with Gasteiger partial charge < -0.3 is 10.1 Å². The maximum atomic E-state index is 12.5. The highest BCUT2D eigenvalue weighted by molar-refractivity contribution is 7.89. The number of rotatable bonds is 6. The van der Waals surface area contributed by atoms with Crippen molar-refractivity contribution < 1.29 is 22.7 Å². The molecule has 0 bridgehead atoms. The molecule has 2 aromatic carbocycles. The molecule has 0 radical (unpaired) electrons. The van der Waals surface area contributed by atoms with Crippen molar-refractivity contribution in [3.8, 4) is 0 Å². The fraction of sp³-hybridized carbons (Fsp3) is 0.300. The Morgan fingerprint density at radius 2 is 1.75 bits per heavy atom. The summed E-state index contributed by atoms with van der Waals surface area (Å²) in [6.07, 6.45) is 1.74. The van der Waals surface area contributed by atoms with Crippen molar-refractivity contribution in [1.29, 1.82) is 0 Å². The van der Waals surface area contributed by atoms with Crippen LogP contribution >= 0.6 is 0 Å². The number of nitrogens with zero attached hydrogens (tertiary/aromatic N) is 1. The van der Waals surface area contributed by atoms with Crippen molar-refractivity contribution in [1.82, 2.24) is 4.31 Å². The zero-order chi connectivity index (χ0) is 20.1. The molecule has 7 nitrogen and oxygen atoms in total. The van der Waals surface area contributed by atoms with Crippen LogP contribution in [0.4, 0.5) is 5.69 Å². The van der Waals surface area contributed by atoms with Gasteiger partial charge in [-0.05, 0) is 56.2 Å². The Labute approximate surface area is 164 Å². The maximum absolute atomic E-state index is 12.5. The summed E-state index contributed by atoms with van der Waals surface area (Å²) in [5.41, 5.74) is 1.73. The minimum absolute atomic E-state index is 0.193. The number of hydrogen-bond acceptors (Lipinski definition) is 5. The van der Waals surface area contributed by atoms with Crippen LogP contribution in [0.25, 0.3) is 0 Å².